The minimum atomic E-state index is -0.715. The van der Waals surface area contributed by atoms with Crippen LogP contribution in [0.15, 0.2) is 39.7 Å². The second kappa shape index (κ2) is 8.24. The zero-order chi connectivity index (χ0) is 21.2. The summed E-state index contributed by atoms with van der Waals surface area (Å²) in [4.78, 5) is 39.5. The summed E-state index contributed by atoms with van der Waals surface area (Å²) in [6.07, 6.45) is 1.50. The van der Waals surface area contributed by atoms with Gasteiger partial charge in [-0.25, -0.2) is 0 Å². The minimum Gasteiger partial charge on any atom is -0.463 e. The van der Waals surface area contributed by atoms with E-state index in [1.54, 1.807) is 39.0 Å². The number of aliphatic hydroxyl groups is 1. The Bertz CT molecular complexity index is 925. The number of aromatic amines is 1. The number of amides is 1. The minimum absolute atomic E-state index is 0.0310. The van der Waals surface area contributed by atoms with E-state index in [1.807, 2.05) is 0 Å². The fraction of sp³-hybridized carbons (Fsp3) is 0.476. The number of esters is 1. The van der Waals surface area contributed by atoms with Crippen molar-refractivity contribution in [2.45, 2.75) is 45.3 Å². The molecule has 8 heteroatoms. The lowest BCUT2D eigenvalue weighted by Crippen LogP contribution is -2.35. The number of rotatable bonds is 5. The summed E-state index contributed by atoms with van der Waals surface area (Å²) in [7, 11) is 0. The maximum Gasteiger partial charge on any atom is 0.309 e. The molecule has 3 atom stereocenters. The number of hydrogen-bond acceptors (Lipinski definition) is 6. The fourth-order valence-electron chi connectivity index (χ4n) is 3.45. The second-order valence-corrected chi connectivity index (χ2v) is 8.33. The third kappa shape index (κ3) is 5.14. The molecule has 0 unspecified atom stereocenters. The highest BCUT2D eigenvalue weighted by molar-refractivity contribution is 5.94. The van der Waals surface area contributed by atoms with Crippen molar-refractivity contribution in [2.24, 2.45) is 11.8 Å². The molecule has 2 aromatic rings. The van der Waals surface area contributed by atoms with Crippen LogP contribution in [0, 0.1) is 11.8 Å². The van der Waals surface area contributed by atoms with Crippen molar-refractivity contribution in [3.63, 3.8) is 0 Å². The largest absolute Gasteiger partial charge is 0.463 e. The Morgan fingerprint density at radius 3 is 2.66 bits per heavy atom. The molecule has 1 aliphatic rings. The van der Waals surface area contributed by atoms with E-state index >= 15 is 0 Å². The average molecular weight is 402 g/mol. The van der Waals surface area contributed by atoms with Crippen LogP contribution in [0.5, 0.6) is 0 Å². The van der Waals surface area contributed by atoms with Crippen molar-refractivity contribution in [1.29, 1.82) is 0 Å². The van der Waals surface area contributed by atoms with Gasteiger partial charge in [-0.2, -0.15) is 0 Å². The average Bonchev–Trinajstić information content (AvgIpc) is 3.28. The molecule has 1 fully saturated rings. The van der Waals surface area contributed by atoms with Crippen molar-refractivity contribution in [3.05, 3.63) is 46.4 Å². The van der Waals surface area contributed by atoms with Crippen molar-refractivity contribution in [1.82, 2.24) is 10.3 Å². The first-order valence-corrected chi connectivity index (χ1v) is 9.60. The first kappa shape index (κ1) is 20.9. The van der Waals surface area contributed by atoms with Gasteiger partial charge in [0.1, 0.15) is 16.9 Å². The van der Waals surface area contributed by atoms with Gasteiger partial charge >= 0.3 is 5.97 Å². The number of H-pyrrole nitrogens is 1. The third-order valence-corrected chi connectivity index (χ3v) is 4.86. The molecule has 0 radical (unpaired) electrons. The van der Waals surface area contributed by atoms with E-state index in [0.717, 1.165) is 0 Å². The van der Waals surface area contributed by atoms with Crippen molar-refractivity contribution in [3.8, 4) is 11.5 Å². The molecule has 8 nitrogen and oxygen atoms in total. The molecular formula is C21H26N2O6. The summed E-state index contributed by atoms with van der Waals surface area (Å²) in [6, 6.07) is 6.43. The van der Waals surface area contributed by atoms with Crippen LogP contribution in [0.1, 0.15) is 44.0 Å². The number of furan rings is 1. The lowest BCUT2D eigenvalue weighted by Gasteiger charge is -2.22. The Morgan fingerprint density at radius 2 is 2.03 bits per heavy atom. The highest BCUT2D eigenvalue weighted by Gasteiger charge is 2.39. The van der Waals surface area contributed by atoms with Gasteiger partial charge in [0, 0.05) is 12.5 Å². The smallest absolute Gasteiger partial charge is 0.309 e. The van der Waals surface area contributed by atoms with Crippen LogP contribution >= 0.6 is 0 Å². The number of aromatic nitrogens is 1. The Hall–Kier alpha value is -2.87. The molecule has 29 heavy (non-hydrogen) atoms. The standard InChI is InChI=1S/C21H26N2O6/c1-21(2,3)29-20(27)12-9-13(16(24)10-12)11-22-18(25)14-6-7-15(23-19(14)26)17-5-4-8-28-17/h4-8,12-13,16,24H,9-11H2,1-3H3,(H,22,25)(H,23,26)/t12-,13-,16+/m0/s1. The SMILES string of the molecule is CC(C)(C)OC(=O)[C@H]1C[C@@H](CNC(=O)c2ccc(-c3ccco3)[nH]c2=O)[C@H](O)C1. The zero-order valence-corrected chi connectivity index (χ0v) is 16.7. The summed E-state index contributed by atoms with van der Waals surface area (Å²) < 4.78 is 10.6. The van der Waals surface area contributed by atoms with Gasteiger partial charge in [0.15, 0.2) is 0 Å². The Morgan fingerprint density at radius 1 is 1.28 bits per heavy atom. The summed E-state index contributed by atoms with van der Waals surface area (Å²) >= 11 is 0. The van der Waals surface area contributed by atoms with Gasteiger partial charge in [-0.1, -0.05) is 0 Å². The van der Waals surface area contributed by atoms with E-state index in [0.29, 0.717) is 24.3 Å². The Labute approximate surface area is 168 Å². The van der Waals surface area contributed by atoms with E-state index in [-0.39, 0.29) is 24.0 Å². The van der Waals surface area contributed by atoms with Crippen LogP contribution in [0.25, 0.3) is 11.5 Å². The van der Waals surface area contributed by atoms with Gasteiger partial charge in [0.25, 0.3) is 11.5 Å². The van der Waals surface area contributed by atoms with E-state index in [4.69, 9.17) is 9.15 Å². The normalized spacial score (nSPS) is 21.7. The molecule has 0 saturated heterocycles. The quantitative estimate of drug-likeness (QED) is 0.659. The predicted molar refractivity (Wildman–Crippen MR) is 105 cm³/mol. The van der Waals surface area contributed by atoms with Gasteiger partial charge in [-0.05, 0) is 57.9 Å². The van der Waals surface area contributed by atoms with Crippen molar-refractivity contribution >= 4 is 11.9 Å². The number of carbonyl (C=O) groups excluding carboxylic acids is 2. The van der Waals surface area contributed by atoms with Crippen LogP contribution in [-0.2, 0) is 9.53 Å². The van der Waals surface area contributed by atoms with Crippen LogP contribution in [0.3, 0.4) is 0 Å². The zero-order valence-electron chi connectivity index (χ0n) is 16.7. The summed E-state index contributed by atoms with van der Waals surface area (Å²) in [5.41, 5.74) is -0.675. The molecule has 3 rings (SSSR count). The monoisotopic (exact) mass is 402 g/mol. The molecule has 0 aromatic carbocycles. The highest BCUT2D eigenvalue weighted by Crippen LogP contribution is 2.32. The van der Waals surface area contributed by atoms with Gasteiger partial charge < -0.3 is 24.6 Å². The van der Waals surface area contributed by atoms with Gasteiger partial charge in [-0.15, -0.1) is 0 Å². The lowest BCUT2D eigenvalue weighted by molar-refractivity contribution is -0.160. The number of ether oxygens (including phenoxy) is 1. The molecule has 0 spiro atoms. The number of pyridine rings is 1. The van der Waals surface area contributed by atoms with E-state index < -0.39 is 29.1 Å². The third-order valence-electron chi connectivity index (χ3n) is 4.86. The van der Waals surface area contributed by atoms with E-state index in [1.165, 1.54) is 12.3 Å². The molecule has 2 aromatic heterocycles. The lowest BCUT2D eigenvalue weighted by atomic mass is 10.0. The van der Waals surface area contributed by atoms with E-state index in [2.05, 4.69) is 10.3 Å². The predicted octanol–water partition coefficient (Wildman–Crippen LogP) is 2.09. The molecule has 156 valence electrons. The molecular weight excluding hydrogens is 376 g/mol. The van der Waals surface area contributed by atoms with Gasteiger partial charge in [-0.3, -0.25) is 14.4 Å². The van der Waals surface area contributed by atoms with Crippen LogP contribution in [0.4, 0.5) is 0 Å². The van der Waals surface area contributed by atoms with Crippen LogP contribution in [0.2, 0.25) is 0 Å². The number of aliphatic hydroxyl groups excluding tert-OH is 1. The van der Waals surface area contributed by atoms with Crippen molar-refractivity contribution in [2.75, 3.05) is 6.54 Å². The first-order valence-electron chi connectivity index (χ1n) is 9.60. The topological polar surface area (TPSA) is 122 Å². The molecule has 0 bridgehead atoms. The molecule has 2 heterocycles. The first-order chi connectivity index (χ1) is 13.6. The molecule has 3 N–H and O–H groups in total. The Balaban J connectivity index is 1.58. The Kier molecular flexibility index (Phi) is 5.93. The van der Waals surface area contributed by atoms with Gasteiger partial charge in [0.05, 0.1) is 24.0 Å². The van der Waals surface area contributed by atoms with Crippen LogP contribution < -0.4 is 10.9 Å². The van der Waals surface area contributed by atoms with Crippen molar-refractivity contribution < 1.29 is 23.8 Å². The van der Waals surface area contributed by atoms with Gasteiger partial charge in [0.2, 0.25) is 0 Å². The summed E-state index contributed by atoms with van der Waals surface area (Å²) in [5.74, 6) is -1.06. The number of nitrogens with one attached hydrogen (secondary N) is 2. The summed E-state index contributed by atoms with van der Waals surface area (Å²) in [5, 5.41) is 12.9. The highest BCUT2D eigenvalue weighted by atomic mass is 16.6. The molecule has 0 aliphatic heterocycles. The fourth-order valence-corrected chi connectivity index (χ4v) is 3.45. The maximum absolute atomic E-state index is 12.4. The molecule has 1 aliphatic carbocycles. The number of carbonyl (C=O) groups is 2. The van der Waals surface area contributed by atoms with Crippen LogP contribution in [-0.4, -0.2) is 40.2 Å². The number of hydrogen-bond donors (Lipinski definition) is 3. The van der Waals surface area contributed by atoms with E-state index in [9.17, 15) is 19.5 Å². The maximum atomic E-state index is 12.4. The second-order valence-electron chi connectivity index (χ2n) is 8.33. The summed E-state index contributed by atoms with van der Waals surface area (Å²) in [6.45, 7) is 5.55. The molecule has 1 amide bonds. The molecule has 1 saturated carbocycles.